The predicted molar refractivity (Wildman–Crippen MR) is 142 cm³/mol. The van der Waals surface area contributed by atoms with Crippen molar-refractivity contribution in [3.63, 3.8) is 0 Å². The number of anilines is 1. The van der Waals surface area contributed by atoms with Gasteiger partial charge in [-0.2, -0.15) is 0 Å². The number of rotatable bonds is 4. The Morgan fingerprint density at radius 2 is 1.73 bits per heavy atom. The van der Waals surface area contributed by atoms with Crippen molar-refractivity contribution in [3.05, 3.63) is 48.4 Å². The third-order valence-corrected chi connectivity index (χ3v) is 9.29. The van der Waals surface area contributed by atoms with Gasteiger partial charge in [0, 0.05) is 37.8 Å². The average molecular weight is 526 g/mol. The lowest BCUT2D eigenvalue weighted by Crippen LogP contribution is -2.61. The normalized spacial score (nSPS) is 18.1. The minimum Gasteiger partial charge on any atom is -0.444 e. The van der Waals surface area contributed by atoms with E-state index in [-0.39, 0.29) is 22.4 Å². The summed E-state index contributed by atoms with van der Waals surface area (Å²) in [5.74, 6) is 0.729. The molecule has 1 saturated heterocycles. The number of nitrogens with zero attached hydrogens (tertiary/aromatic N) is 5. The molecule has 1 aromatic carbocycles. The largest absolute Gasteiger partial charge is 0.444 e. The van der Waals surface area contributed by atoms with Crippen LogP contribution in [-0.2, 0) is 14.8 Å². The van der Waals surface area contributed by atoms with Crippen LogP contribution in [0.5, 0.6) is 0 Å². The lowest BCUT2D eigenvalue weighted by molar-refractivity contribution is -0.0504. The van der Waals surface area contributed by atoms with Gasteiger partial charge in [0.05, 0.1) is 10.3 Å². The highest BCUT2D eigenvalue weighted by Gasteiger charge is 2.48. The van der Waals surface area contributed by atoms with Crippen LogP contribution in [0.1, 0.15) is 52.0 Å². The summed E-state index contributed by atoms with van der Waals surface area (Å²) in [6, 6.07) is 8.87. The molecule has 2 aromatic heterocycles. The number of ether oxygens (including phenoxy) is 1. The Balaban J connectivity index is 1.29. The first-order valence-corrected chi connectivity index (χ1v) is 14.2. The number of aryl methyl sites for hydroxylation is 1. The van der Waals surface area contributed by atoms with Crippen LogP contribution in [-0.4, -0.2) is 65.1 Å². The topological polar surface area (TPSA) is 97.6 Å². The summed E-state index contributed by atoms with van der Waals surface area (Å²) in [5, 5.41) is 0.709. The zero-order valence-electron chi connectivity index (χ0n) is 22.1. The molecule has 1 aliphatic carbocycles. The lowest BCUT2D eigenvalue weighted by Gasteiger charge is -2.53. The Labute approximate surface area is 218 Å². The molecular formula is C27H35N5O4S. The maximum absolute atomic E-state index is 13.3. The summed E-state index contributed by atoms with van der Waals surface area (Å²) in [6.07, 6.45) is 6.77. The van der Waals surface area contributed by atoms with Gasteiger partial charge >= 0.3 is 6.09 Å². The summed E-state index contributed by atoms with van der Waals surface area (Å²) in [5.41, 5.74) is 1.05. The number of amides is 1. The van der Waals surface area contributed by atoms with Crippen molar-refractivity contribution in [2.45, 2.75) is 69.9 Å². The van der Waals surface area contributed by atoms with Gasteiger partial charge < -0.3 is 14.5 Å². The van der Waals surface area contributed by atoms with E-state index in [0.29, 0.717) is 11.0 Å². The van der Waals surface area contributed by atoms with Gasteiger partial charge in [-0.25, -0.2) is 27.2 Å². The first-order chi connectivity index (χ1) is 17.4. The zero-order valence-corrected chi connectivity index (χ0v) is 23.0. The second-order valence-corrected chi connectivity index (χ2v) is 13.4. The van der Waals surface area contributed by atoms with E-state index < -0.39 is 15.6 Å². The molecule has 9 nitrogen and oxygen atoms in total. The summed E-state index contributed by atoms with van der Waals surface area (Å²) >= 11 is 0. The van der Waals surface area contributed by atoms with Crippen molar-refractivity contribution >= 4 is 33.0 Å². The maximum atomic E-state index is 13.3. The van der Waals surface area contributed by atoms with Crippen LogP contribution >= 0.6 is 0 Å². The summed E-state index contributed by atoms with van der Waals surface area (Å²) < 4.78 is 33.4. The molecule has 0 bridgehead atoms. The lowest BCUT2D eigenvalue weighted by atomic mass is 9.67. The number of carbonyl (C=O) groups is 1. The van der Waals surface area contributed by atoms with Crippen molar-refractivity contribution in [2.24, 2.45) is 5.41 Å². The Morgan fingerprint density at radius 3 is 2.35 bits per heavy atom. The molecule has 0 atom stereocenters. The van der Waals surface area contributed by atoms with Crippen LogP contribution in [0.25, 0.3) is 11.0 Å². The number of carbonyl (C=O) groups excluding carboxylic acids is 1. The van der Waals surface area contributed by atoms with Crippen LogP contribution in [0.4, 0.5) is 10.6 Å². The van der Waals surface area contributed by atoms with Crippen molar-refractivity contribution < 1.29 is 17.9 Å². The average Bonchev–Trinajstić information content (AvgIpc) is 3.26. The maximum Gasteiger partial charge on any atom is 0.410 e. The molecule has 2 fully saturated rings. The van der Waals surface area contributed by atoms with Crippen LogP contribution in [0.15, 0.2) is 47.8 Å². The van der Waals surface area contributed by atoms with Crippen LogP contribution in [0.2, 0.25) is 0 Å². The molecular weight excluding hydrogens is 490 g/mol. The quantitative estimate of drug-likeness (QED) is 0.491. The van der Waals surface area contributed by atoms with E-state index in [0.717, 1.165) is 50.2 Å². The number of hydrogen-bond acceptors (Lipinski definition) is 7. The summed E-state index contributed by atoms with van der Waals surface area (Å²) in [4.78, 5) is 25.4. The molecule has 0 radical (unpaired) electrons. The number of likely N-dealkylation sites (tertiary alicyclic amines) is 1. The Bertz CT molecular complexity index is 1410. The van der Waals surface area contributed by atoms with Gasteiger partial charge in [0.2, 0.25) is 0 Å². The van der Waals surface area contributed by atoms with Gasteiger partial charge in [0.25, 0.3) is 10.0 Å². The number of benzene rings is 1. The Hall–Kier alpha value is -3.14. The molecule has 1 amide bonds. The van der Waals surface area contributed by atoms with Gasteiger partial charge in [0.15, 0.2) is 5.65 Å². The van der Waals surface area contributed by atoms with E-state index in [1.807, 2.05) is 34.7 Å². The minimum absolute atomic E-state index is 0.167. The van der Waals surface area contributed by atoms with E-state index in [9.17, 15) is 13.2 Å². The molecule has 3 aromatic rings. The molecule has 1 spiro atoms. The third kappa shape index (κ3) is 4.79. The Kier molecular flexibility index (Phi) is 6.21. The van der Waals surface area contributed by atoms with E-state index >= 15 is 0 Å². The van der Waals surface area contributed by atoms with Crippen molar-refractivity contribution in [1.82, 2.24) is 18.8 Å². The zero-order chi connectivity index (χ0) is 26.6. The van der Waals surface area contributed by atoms with Crippen molar-refractivity contribution in [2.75, 3.05) is 25.0 Å². The van der Waals surface area contributed by atoms with Gasteiger partial charge in [-0.15, -0.1) is 0 Å². The molecule has 1 aliphatic heterocycles. The highest BCUT2D eigenvalue weighted by Crippen LogP contribution is 2.45. The molecule has 0 unspecified atom stereocenters. The highest BCUT2D eigenvalue weighted by atomic mass is 32.2. The first kappa shape index (κ1) is 25.5. The minimum atomic E-state index is -3.78. The van der Waals surface area contributed by atoms with Gasteiger partial charge in [-0.1, -0.05) is 17.7 Å². The van der Waals surface area contributed by atoms with E-state index in [2.05, 4.69) is 14.9 Å². The van der Waals surface area contributed by atoms with Crippen LogP contribution in [0.3, 0.4) is 0 Å². The van der Waals surface area contributed by atoms with E-state index in [1.165, 1.54) is 10.3 Å². The second kappa shape index (κ2) is 9.01. The van der Waals surface area contributed by atoms with E-state index in [4.69, 9.17) is 4.74 Å². The number of hydrogen-bond donors (Lipinski definition) is 0. The van der Waals surface area contributed by atoms with Crippen LogP contribution in [0, 0.1) is 12.3 Å². The van der Waals surface area contributed by atoms with Crippen molar-refractivity contribution in [1.29, 1.82) is 0 Å². The fraction of sp³-hybridized carbons (Fsp3) is 0.519. The molecule has 1 saturated carbocycles. The fourth-order valence-corrected chi connectivity index (χ4v) is 6.83. The molecule has 198 valence electrons. The second-order valence-electron chi connectivity index (χ2n) is 11.5. The van der Waals surface area contributed by atoms with Crippen LogP contribution < -0.4 is 4.90 Å². The monoisotopic (exact) mass is 525 g/mol. The van der Waals surface area contributed by atoms with E-state index in [1.54, 1.807) is 41.4 Å². The smallest absolute Gasteiger partial charge is 0.410 e. The first-order valence-electron chi connectivity index (χ1n) is 12.7. The fourth-order valence-electron chi connectivity index (χ4n) is 5.52. The van der Waals surface area contributed by atoms with Gasteiger partial charge in [-0.3, -0.25) is 0 Å². The molecule has 3 heterocycles. The molecule has 10 heteroatoms. The summed E-state index contributed by atoms with van der Waals surface area (Å²) in [7, 11) is -1.76. The predicted octanol–water partition coefficient (Wildman–Crippen LogP) is 4.59. The van der Waals surface area contributed by atoms with Gasteiger partial charge in [-0.05, 0) is 71.6 Å². The molecule has 0 N–H and O–H groups in total. The Morgan fingerprint density at radius 1 is 1.08 bits per heavy atom. The third-order valence-electron chi connectivity index (χ3n) is 7.61. The summed E-state index contributed by atoms with van der Waals surface area (Å²) in [6.45, 7) is 9.07. The number of aromatic nitrogens is 3. The number of fused-ring (bicyclic) bond motifs is 1. The highest BCUT2D eigenvalue weighted by molar-refractivity contribution is 7.90. The standard InChI is InChI=1S/C27H35N5O4S/c1-19-6-8-21(9-7-19)37(34,35)32-15-12-22-23(28-18-29-24(22)32)30(5)20-10-13-27(14-11-20)16-31(17-27)25(33)36-26(2,3)4/h6-9,12,15,18,20H,10-11,13-14,16-17H2,1-5H3. The molecule has 5 rings (SSSR count). The molecule has 37 heavy (non-hydrogen) atoms. The van der Waals surface area contributed by atoms with Gasteiger partial charge in [0.1, 0.15) is 17.7 Å². The van der Waals surface area contributed by atoms with Crippen molar-refractivity contribution in [3.8, 4) is 0 Å². The molecule has 2 aliphatic rings. The SMILES string of the molecule is Cc1ccc(S(=O)(=O)n2ccc3c(N(C)C4CCC5(CC4)CN(C(=O)OC(C)(C)C)C5)ncnc32)cc1.